The molecule has 2 fully saturated rings. The fourth-order valence-corrected chi connectivity index (χ4v) is 6.36. The summed E-state index contributed by atoms with van der Waals surface area (Å²) in [5.74, 6) is -1.06. The molecule has 3 amide bonds. The lowest BCUT2D eigenvalue weighted by Crippen LogP contribution is -2.35. The minimum Gasteiger partial charge on any atom is -0.322 e. The number of imide groups is 1. The molecule has 2 atom stereocenters. The van der Waals surface area contributed by atoms with E-state index in [1.807, 2.05) is 0 Å². The number of sulfone groups is 1. The topological polar surface area (TPSA) is 143 Å². The van der Waals surface area contributed by atoms with Crippen molar-refractivity contribution in [3.8, 4) is 0 Å². The van der Waals surface area contributed by atoms with Gasteiger partial charge in [0.1, 0.15) is 5.54 Å². The fraction of sp³-hybridized carbons (Fsp3) is 0.208. The first kappa shape index (κ1) is 26.6. The van der Waals surface area contributed by atoms with Crippen LogP contribution in [-0.4, -0.2) is 44.8 Å². The molecule has 0 radical (unpaired) electrons. The minimum absolute atomic E-state index is 0.0469. The molecule has 1 spiro atoms. The molecule has 204 valence electrons. The van der Waals surface area contributed by atoms with Crippen molar-refractivity contribution in [2.75, 3.05) is 9.62 Å². The molecule has 15 heteroatoms. The molecule has 39 heavy (non-hydrogen) atoms. The Morgan fingerprint density at radius 3 is 2.28 bits per heavy atom. The van der Waals surface area contributed by atoms with Crippen LogP contribution in [0.5, 0.6) is 0 Å². The van der Waals surface area contributed by atoms with E-state index in [-0.39, 0.29) is 29.1 Å². The minimum atomic E-state index is -5.59. The van der Waals surface area contributed by atoms with Crippen molar-refractivity contribution in [2.24, 2.45) is 5.92 Å². The van der Waals surface area contributed by atoms with Gasteiger partial charge in [-0.1, -0.05) is 18.2 Å². The van der Waals surface area contributed by atoms with Crippen LogP contribution >= 0.6 is 0 Å². The Hall–Kier alpha value is -3.98. The molecule has 2 aromatic carbocycles. The summed E-state index contributed by atoms with van der Waals surface area (Å²) in [6, 6.07) is 11.7. The number of anilines is 2. The van der Waals surface area contributed by atoms with E-state index in [1.165, 1.54) is 24.5 Å². The third-order valence-electron chi connectivity index (χ3n) is 6.61. The summed E-state index contributed by atoms with van der Waals surface area (Å²) >= 11 is 0. The molecule has 2 heterocycles. The van der Waals surface area contributed by atoms with Gasteiger partial charge in [0.15, 0.2) is 0 Å². The van der Waals surface area contributed by atoms with Crippen molar-refractivity contribution in [1.29, 1.82) is 0 Å². The van der Waals surface area contributed by atoms with Crippen molar-refractivity contribution in [1.82, 2.24) is 10.3 Å². The Bertz CT molecular complexity index is 1680. The zero-order valence-corrected chi connectivity index (χ0v) is 21.3. The van der Waals surface area contributed by atoms with Gasteiger partial charge in [-0.05, 0) is 66.8 Å². The van der Waals surface area contributed by atoms with E-state index in [4.69, 9.17) is 0 Å². The van der Waals surface area contributed by atoms with Crippen LogP contribution in [0.1, 0.15) is 12.0 Å². The lowest BCUT2D eigenvalue weighted by atomic mass is 10.0. The normalized spacial score (nSPS) is 21.2. The van der Waals surface area contributed by atoms with Crippen LogP contribution in [0.4, 0.5) is 29.3 Å². The molecule has 2 N–H and O–H groups in total. The van der Waals surface area contributed by atoms with Crippen LogP contribution < -0.4 is 14.9 Å². The molecule has 0 bridgehead atoms. The van der Waals surface area contributed by atoms with E-state index in [1.54, 1.807) is 24.3 Å². The Morgan fingerprint density at radius 2 is 1.64 bits per heavy atom. The number of aromatic nitrogens is 1. The van der Waals surface area contributed by atoms with E-state index in [0.717, 1.165) is 17.0 Å². The lowest BCUT2D eigenvalue weighted by Gasteiger charge is -2.15. The van der Waals surface area contributed by atoms with Gasteiger partial charge < -0.3 is 5.32 Å². The highest BCUT2D eigenvalue weighted by molar-refractivity contribution is 7.92. The van der Waals surface area contributed by atoms with Crippen molar-refractivity contribution in [2.45, 2.75) is 33.7 Å². The number of carbonyl (C=O) groups is 2. The largest absolute Gasteiger partial charge is 0.501 e. The highest BCUT2D eigenvalue weighted by Gasteiger charge is 2.67. The maximum atomic E-state index is 13.3. The molecule has 2 aliphatic rings. The summed E-state index contributed by atoms with van der Waals surface area (Å²) in [4.78, 5) is 29.7. The number of urea groups is 1. The molecular weight excluding hydrogens is 561 g/mol. The predicted octanol–water partition coefficient (Wildman–Crippen LogP) is 3.23. The second-order valence-corrected chi connectivity index (χ2v) is 12.7. The number of amides is 3. The lowest BCUT2D eigenvalue weighted by molar-refractivity contribution is -0.119. The van der Waals surface area contributed by atoms with Crippen molar-refractivity contribution >= 4 is 43.2 Å². The number of pyridine rings is 1. The Balaban J connectivity index is 1.34. The molecule has 1 saturated heterocycles. The van der Waals surface area contributed by atoms with Crippen molar-refractivity contribution in [3.63, 3.8) is 0 Å². The van der Waals surface area contributed by atoms with Crippen molar-refractivity contribution < 1.29 is 39.6 Å². The zero-order valence-electron chi connectivity index (χ0n) is 19.7. The van der Waals surface area contributed by atoms with Gasteiger partial charge in [-0.25, -0.2) is 26.5 Å². The maximum Gasteiger partial charge on any atom is 0.501 e. The van der Waals surface area contributed by atoms with Gasteiger partial charge in [0.2, 0.25) is 0 Å². The van der Waals surface area contributed by atoms with E-state index in [2.05, 4.69) is 15.0 Å². The fourth-order valence-electron chi connectivity index (χ4n) is 4.49. The predicted molar refractivity (Wildman–Crippen MR) is 132 cm³/mol. The van der Waals surface area contributed by atoms with Crippen molar-refractivity contribution in [3.05, 3.63) is 78.6 Å². The van der Waals surface area contributed by atoms with E-state index < -0.39 is 53.7 Å². The monoisotopic (exact) mass is 580 g/mol. The molecular formula is C24H19F3N4O6S2. The van der Waals surface area contributed by atoms with Gasteiger partial charge in [-0.2, -0.15) is 13.2 Å². The second kappa shape index (κ2) is 9.05. The summed E-state index contributed by atoms with van der Waals surface area (Å²) in [6.07, 6.45) is 3.24. The number of hydrogen-bond donors (Lipinski definition) is 2. The number of nitrogens with one attached hydrogen (secondary N) is 2. The summed E-state index contributed by atoms with van der Waals surface area (Å²) < 4.78 is 89.8. The van der Waals surface area contributed by atoms with Crippen LogP contribution in [0.2, 0.25) is 0 Å². The Labute approximate surface area is 220 Å². The van der Waals surface area contributed by atoms with E-state index in [9.17, 15) is 39.6 Å². The number of rotatable bonds is 7. The number of halogens is 3. The molecule has 5 rings (SSSR count). The summed E-state index contributed by atoms with van der Waals surface area (Å²) in [5, 5.41) is 2.62. The number of alkyl halides is 3. The number of carbonyl (C=O) groups excluding carboxylic acids is 2. The van der Waals surface area contributed by atoms with Crippen LogP contribution in [-0.2, 0) is 31.1 Å². The van der Waals surface area contributed by atoms with Crippen LogP contribution in [0.3, 0.4) is 0 Å². The molecule has 1 aliphatic carbocycles. The number of hydrogen-bond acceptors (Lipinski definition) is 7. The third kappa shape index (κ3) is 4.61. The summed E-state index contributed by atoms with van der Waals surface area (Å²) in [7, 11) is -9.51. The molecule has 1 saturated carbocycles. The highest BCUT2D eigenvalue weighted by atomic mass is 32.2. The zero-order chi connectivity index (χ0) is 28.2. The SMILES string of the molecule is O=C1NC2(CC2Cc2ccncc2NS(=O)(=O)c2ccccc2)C(=O)N1c1ccc(S(=O)(=O)C(F)(F)F)cc1. The van der Waals surface area contributed by atoms with Gasteiger partial charge in [0, 0.05) is 6.20 Å². The number of nitrogens with zero attached hydrogens (tertiary/aromatic N) is 2. The molecule has 10 nitrogen and oxygen atoms in total. The Morgan fingerprint density at radius 1 is 0.974 bits per heavy atom. The number of sulfonamides is 1. The standard InChI is InChI=1S/C24H19F3N4O6S2/c25-24(26,27)38(34,35)18-8-6-17(7-9-18)31-21(32)23(29-22(31)33)13-16(23)12-15-10-11-28-14-20(15)30-39(36,37)19-4-2-1-3-5-19/h1-11,14,16,30H,12-13H2,(H,29,33). The second-order valence-electron chi connectivity index (χ2n) is 9.04. The van der Waals surface area contributed by atoms with Gasteiger partial charge in [0.25, 0.3) is 25.8 Å². The number of benzene rings is 2. The van der Waals surface area contributed by atoms with Crippen LogP contribution in [0.15, 0.2) is 82.8 Å². The molecule has 1 aromatic heterocycles. The Kier molecular flexibility index (Phi) is 6.18. The van der Waals surface area contributed by atoms with E-state index in [0.29, 0.717) is 17.7 Å². The first-order valence-corrected chi connectivity index (χ1v) is 14.3. The van der Waals surface area contributed by atoms with Gasteiger partial charge >= 0.3 is 11.5 Å². The highest BCUT2D eigenvalue weighted by Crippen LogP contribution is 2.51. The van der Waals surface area contributed by atoms with Crippen LogP contribution in [0.25, 0.3) is 0 Å². The van der Waals surface area contributed by atoms with Gasteiger partial charge in [-0.15, -0.1) is 0 Å². The third-order valence-corrected chi connectivity index (χ3v) is 9.49. The average Bonchev–Trinajstić information content (AvgIpc) is 3.50. The van der Waals surface area contributed by atoms with E-state index >= 15 is 0 Å². The molecule has 1 aliphatic heterocycles. The van der Waals surface area contributed by atoms with Gasteiger partial charge in [-0.3, -0.25) is 14.5 Å². The summed E-state index contributed by atoms with van der Waals surface area (Å²) in [5.41, 5.74) is -6.14. The first-order valence-electron chi connectivity index (χ1n) is 11.4. The summed E-state index contributed by atoms with van der Waals surface area (Å²) in [6.45, 7) is 0. The first-order chi connectivity index (χ1) is 18.3. The molecule has 2 unspecified atom stereocenters. The van der Waals surface area contributed by atoms with Crippen LogP contribution in [0, 0.1) is 5.92 Å². The quantitative estimate of drug-likeness (QED) is 0.409. The van der Waals surface area contributed by atoms with Gasteiger partial charge in [0.05, 0.1) is 27.4 Å². The smallest absolute Gasteiger partial charge is 0.322 e. The molecule has 3 aromatic rings. The average molecular weight is 581 g/mol. The maximum absolute atomic E-state index is 13.3.